The minimum Gasteiger partial charge on any atom is -0.481 e. The van der Waals surface area contributed by atoms with E-state index in [1.54, 1.807) is 27.8 Å². The Morgan fingerprint density at radius 3 is 2.46 bits per heavy atom. The first-order chi connectivity index (χ1) is 17.6. The van der Waals surface area contributed by atoms with Crippen molar-refractivity contribution in [1.29, 1.82) is 0 Å². The van der Waals surface area contributed by atoms with Crippen molar-refractivity contribution in [2.75, 3.05) is 24.5 Å². The van der Waals surface area contributed by atoms with E-state index in [2.05, 4.69) is 5.10 Å². The molecule has 2 aliphatic rings. The Kier molecular flexibility index (Phi) is 8.20. The average molecular weight is 525 g/mol. The fourth-order valence-corrected chi connectivity index (χ4v) is 5.40. The third kappa shape index (κ3) is 6.14. The quantitative estimate of drug-likeness (QED) is 0.332. The normalized spacial score (nSPS) is 21.9. The molecule has 0 spiro atoms. The minimum atomic E-state index is -3.12. The fraction of sp³-hybridized carbons (Fsp3) is 0.577. The Bertz CT molecular complexity index is 1090. The average Bonchev–Trinajstić information content (AvgIpc) is 3.58. The number of anilines is 1. The van der Waals surface area contributed by atoms with Gasteiger partial charge in [-0.15, -0.1) is 0 Å². The lowest BCUT2D eigenvalue weighted by Gasteiger charge is -2.27. The third-order valence-electron chi connectivity index (χ3n) is 7.29. The van der Waals surface area contributed by atoms with Gasteiger partial charge in [0.1, 0.15) is 12.3 Å². The van der Waals surface area contributed by atoms with Gasteiger partial charge >= 0.3 is 5.97 Å². The molecule has 3 atom stereocenters. The predicted octanol–water partition coefficient (Wildman–Crippen LogP) is 4.96. The first-order valence-corrected chi connectivity index (χ1v) is 12.6. The number of amides is 1. The van der Waals surface area contributed by atoms with Gasteiger partial charge in [0, 0.05) is 49.8 Å². The maximum Gasteiger partial charge on any atom is 0.305 e. The van der Waals surface area contributed by atoms with E-state index >= 15 is 0 Å². The van der Waals surface area contributed by atoms with Crippen LogP contribution in [0.2, 0.25) is 0 Å². The van der Waals surface area contributed by atoms with Gasteiger partial charge in [0.25, 0.3) is 5.92 Å². The topological polar surface area (TPSA) is 78.7 Å². The first-order valence-electron chi connectivity index (χ1n) is 12.6. The number of alkyl halides is 4. The molecule has 202 valence electrons. The summed E-state index contributed by atoms with van der Waals surface area (Å²) >= 11 is 0. The molecule has 2 fully saturated rings. The zero-order valence-corrected chi connectivity index (χ0v) is 20.7. The molecule has 1 N–H and O–H groups in total. The third-order valence-corrected chi connectivity index (χ3v) is 7.29. The highest BCUT2D eigenvalue weighted by Gasteiger charge is 2.35. The van der Waals surface area contributed by atoms with Crippen LogP contribution in [0.1, 0.15) is 57.1 Å². The number of hydrogen-bond donors (Lipinski definition) is 1. The van der Waals surface area contributed by atoms with E-state index < -0.39 is 36.7 Å². The molecule has 1 aliphatic heterocycles. The van der Waals surface area contributed by atoms with E-state index in [0.717, 1.165) is 32.6 Å². The van der Waals surface area contributed by atoms with E-state index in [4.69, 9.17) is 0 Å². The molecule has 4 rings (SSSR count). The molecule has 1 aromatic heterocycles. The Balaban J connectivity index is 1.69. The summed E-state index contributed by atoms with van der Waals surface area (Å²) in [7, 11) is 0. The van der Waals surface area contributed by atoms with Crippen LogP contribution in [-0.2, 0) is 15.5 Å². The first kappa shape index (κ1) is 27.1. The molecule has 2 aromatic rings. The van der Waals surface area contributed by atoms with Gasteiger partial charge < -0.3 is 5.11 Å². The molecule has 0 unspecified atom stereocenters. The van der Waals surface area contributed by atoms with Gasteiger partial charge in [0.2, 0.25) is 6.41 Å². The van der Waals surface area contributed by atoms with Crippen LogP contribution >= 0.6 is 0 Å². The van der Waals surface area contributed by atoms with Crippen molar-refractivity contribution in [2.24, 2.45) is 0 Å². The SMILES string of the molecule is CC(F)(F)c1ccccc1-c1cc(N(C=O)[C@@H](CCN2C[C@H](F)[C@@H](F)C2)CC(=O)O)nn1C1CCCC1. The lowest BCUT2D eigenvalue weighted by molar-refractivity contribution is -0.137. The summed E-state index contributed by atoms with van der Waals surface area (Å²) in [6.45, 7) is 0.838. The number of carboxylic acid groups (broad SMARTS) is 1. The molecular formula is C26H32F4N4O3. The van der Waals surface area contributed by atoms with E-state index in [1.165, 1.54) is 17.0 Å². The van der Waals surface area contributed by atoms with Crippen molar-refractivity contribution in [3.8, 4) is 11.3 Å². The van der Waals surface area contributed by atoms with Gasteiger partial charge in [0.15, 0.2) is 5.82 Å². The standard InChI is InChI=1S/C26H32F4N4O3/c1-26(29,30)20-9-5-4-8-19(20)23-13-24(31-34(23)17-6-2-3-7-17)33(16-35)18(12-25(36)37)10-11-32-14-21(27)22(28)15-32/h4-5,8-9,13,16-18,21-22H,2-3,6-7,10-12,14-15H2,1H3,(H,36,37)/t18-,21-,22-/m0/s1. The second-order valence-electron chi connectivity index (χ2n) is 10.0. The second kappa shape index (κ2) is 11.2. The fourth-order valence-electron chi connectivity index (χ4n) is 5.40. The lowest BCUT2D eigenvalue weighted by Crippen LogP contribution is -2.39. The molecule has 0 radical (unpaired) electrons. The van der Waals surface area contributed by atoms with Crippen LogP contribution in [-0.4, -0.2) is 70.2 Å². The van der Waals surface area contributed by atoms with Gasteiger partial charge in [0.05, 0.1) is 18.2 Å². The van der Waals surface area contributed by atoms with Crippen LogP contribution in [0.4, 0.5) is 23.4 Å². The molecule has 0 bridgehead atoms. The van der Waals surface area contributed by atoms with E-state index in [9.17, 15) is 32.3 Å². The Hall–Kier alpha value is -2.95. The zero-order chi connectivity index (χ0) is 26.7. The lowest BCUT2D eigenvalue weighted by atomic mass is 9.99. The van der Waals surface area contributed by atoms with Crippen LogP contribution in [0.25, 0.3) is 11.3 Å². The molecule has 37 heavy (non-hydrogen) atoms. The van der Waals surface area contributed by atoms with Crippen LogP contribution in [0, 0.1) is 0 Å². The van der Waals surface area contributed by atoms with Crippen molar-refractivity contribution in [2.45, 2.75) is 75.8 Å². The van der Waals surface area contributed by atoms with Crippen LogP contribution in [0.3, 0.4) is 0 Å². The van der Waals surface area contributed by atoms with E-state index in [1.807, 2.05) is 0 Å². The smallest absolute Gasteiger partial charge is 0.305 e. The zero-order valence-electron chi connectivity index (χ0n) is 20.7. The number of carbonyl (C=O) groups is 2. The molecule has 7 nitrogen and oxygen atoms in total. The number of nitrogens with zero attached hydrogens (tertiary/aromatic N) is 4. The maximum atomic E-state index is 14.5. The summed E-state index contributed by atoms with van der Waals surface area (Å²) in [5, 5.41) is 14.1. The second-order valence-corrected chi connectivity index (χ2v) is 10.0. The highest BCUT2D eigenvalue weighted by atomic mass is 19.3. The number of aliphatic carboxylic acids is 1. The van der Waals surface area contributed by atoms with Gasteiger partial charge in [-0.2, -0.15) is 5.10 Å². The van der Waals surface area contributed by atoms with E-state index in [-0.39, 0.29) is 43.5 Å². The summed E-state index contributed by atoms with van der Waals surface area (Å²) < 4.78 is 57.9. The maximum absolute atomic E-state index is 14.5. The Labute approximate surface area is 213 Å². The van der Waals surface area contributed by atoms with Crippen molar-refractivity contribution >= 4 is 18.2 Å². The molecule has 1 amide bonds. The number of halogens is 4. The Morgan fingerprint density at radius 2 is 1.86 bits per heavy atom. The summed E-state index contributed by atoms with van der Waals surface area (Å²) in [6, 6.07) is 6.82. The highest BCUT2D eigenvalue weighted by molar-refractivity contribution is 5.79. The molecular weight excluding hydrogens is 492 g/mol. The van der Waals surface area contributed by atoms with Crippen LogP contribution in [0.5, 0.6) is 0 Å². The molecule has 1 saturated heterocycles. The molecule has 2 heterocycles. The number of carbonyl (C=O) groups excluding carboxylic acids is 1. The molecule has 1 aliphatic carbocycles. The van der Waals surface area contributed by atoms with Gasteiger partial charge in [-0.25, -0.2) is 17.6 Å². The number of hydrogen-bond acceptors (Lipinski definition) is 4. The summed E-state index contributed by atoms with van der Waals surface area (Å²) in [6.07, 6.45) is 0.585. The number of rotatable bonds is 11. The predicted molar refractivity (Wildman–Crippen MR) is 130 cm³/mol. The van der Waals surface area contributed by atoms with Gasteiger partial charge in [-0.3, -0.25) is 24.1 Å². The van der Waals surface area contributed by atoms with Crippen molar-refractivity contribution in [3.05, 3.63) is 35.9 Å². The van der Waals surface area contributed by atoms with Crippen molar-refractivity contribution < 1.29 is 32.3 Å². The highest BCUT2D eigenvalue weighted by Crippen LogP contribution is 2.40. The summed E-state index contributed by atoms with van der Waals surface area (Å²) in [4.78, 5) is 26.7. The van der Waals surface area contributed by atoms with Crippen molar-refractivity contribution in [3.63, 3.8) is 0 Å². The summed E-state index contributed by atoms with van der Waals surface area (Å²) in [5.41, 5.74) is 0.553. The molecule has 11 heteroatoms. The largest absolute Gasteiger partial charge is 0.481 e. The minimum absolute atomic E-state index is 0.0405. The summed E-state index contributed by atoms with van der Waals surface area (Å²) in [5.74, 6) is -4.10. The Morgan fingerprint density at radius 1 is 1.22 bits per heavy atom. The van der Waals surface area contributed by atoms with Crippen LogP contribution in [0.15, 0.2) is 30.3 Å². The van der Waals surface area contributed by atoms with Crippen LogP contribution < -0.4 is 4.90 Å². The van der Waals surface area contributed by atoms with Gasteiger partial charge in [-0.1, -0.05) is 37.1 Å². The number of likely N-dealkylation sites (tertiary alicyclic amines) is 1. The molecule has 1 aromatic carbocycles. The van der Waals surface area contributed by atoms with E-state index in [0.29, 0.717) is 17.7 Å². The van der Waals surface area contributed by atoms with Crippen molar-refractivity contribution in [1.82, 2.24) is 14.7 Å². The number of carboxylic acids is 1. The monoisotopic (exact) mass is 524 g/mol. The number of benzene rings is 1. The molecule has 1 saturated carbocycles. The number of aromatic nitrogens is 2. The van der Waals surface area contributed by atoms with Gasteiger partial charge in [-0.05, 0) is 19.3 Å².